The first-order valence-electron chi connectivity index (χ1n) is 11.0. The van der Waals surface area contributed by atoms with E-state index in [1.807, 2.05) is 53.7 Å². The van der Waals surface area contributed by atoms with E-state index in [1.165, 1.54) is 0 Å². The van der Waals surface area contributed by atoms with Gasteiger partial charge in [0.05, 0.1) is 0 Å². The zero-order valence-electron chi connectivity index (χ0n) is 19.4. The quantitative estimate of drug-likeness (QED) is 0.274. The Hall–Kier alpha value is -3.40. The Labute approximate surface area is 188 Å². The van der Waals surface area contributed by atoms with Crippen molar-refractivity contribution in [3.63, 3.8) is 0 Å². The average molecular weight is 431 g/mol. The first kappa shape index (κ1) is 21.8. The largest absolute Gasteiger partial charge is 0.508 e. The number of rotatable bonds is 3. The van der Waals surface area contributed by atoms with Crippen LogP contribution >= 0.6 is 0 Å². The van der Waals surface area contributed by atoms with Crippen molar-refractivity contribution in [1.82, 2.24) is 0 Å². The predicted molar refractivity (Wildman–Crippen MR) is 131 cm³/mol. The summed E-state index contributed by atoms with van der Waals surface area (Å²) in [5.41, 5.74) is 4.36. The van der Waals surface area contributed by atoms with Gasteiger partial charge in [-0.2, -0.15) is 0 Å². The summed E-state index contributed by atoms with van der Waals surface area (Å²) in [7, 11) is 0. The first-order chi connectivity index (χ1) is 15.0. The molecule has 0 aliphatic rings. The number of benzene rings is 4. The third-order valence-corrected chi connectivity index (χ3v) is 6.43. The van der Waals surface area contributed by atoms with Crippen LogP contribution in [0, 0.1) is 13.8 Å². The van der Waals surface area contributed by atoms with Gasteiger partial charge in [0.15, 0.2) is 0 Å². The summed E-state index contributed by atoms with van der Waals surface area (Å²) < 4.78 is 0. The molecule has 0 heterocycles. The van der Waals surface area contributed by atoms with Crippen molar-refractivity contribution in [2.45, 2.75) is 53.4 Å². The molecule has 0 aliphatic carbocycles. The minimum absolute atomic E-state index is 0.0845. The van der Waals surface area contributed by atoms with Crippen LogP contribution in [-0.2, 0) is 0 Å². The van der Waals surface area contributed by atoms with Crippen molar-refractivity contribution < 1.29 is 20.4 Å². The van der Waals surface area contributed by atoms with Crippen LogP contribution < -0.4 is 0 Å². The number of hydrogen-bond acceptors (Lipinski definition) is 4. The number of aromatic hydroxyl groups is 4. The smallest absolute Gasteiger partial charge is 0.131 e. The van der Waals surface area contributed by atoms with Crippen molar-refractivity contribution >= 4 is 21.5 Å². The molecule has 0 saturated heterocycles. The van der Waals surface area contributed by atoms with Crippen LogP contribution in [0.4, 0.5) is 0 Å². The lowest BCUT2D eigenvalue weighted by atomic mass is 9.85. The molecule has 0 bridgehead atoms. The van der Waals surface area contributed by atoms with Gasteiger partial charge in [0, 0.05) is 33.0 Å². The summed E-state index contributed by atoms with van der Waals surface area (Å²) in [4.78, 5) is 0. The van der Waals surface area contributed by atoms with E-state index in [1.54, 1.807) is 24.3 Å². The zero-order valence-corrected chi connectivity index (χ0v) is 19.4. The van der Waals surface area contributed by atoms with Gasteiger partial charge in [-0.15, -0.1) is 0 Å². The van der Waals surface area contributed by atoms with Gasteiger partial charge >= 0.3 is 0 Å². The number of fused-ring (bicyclic) bond motifs is 2. The summed E-state index contributed by atoms with van der Waals surface area (Å²) in [6.45, 7) is 11.8. The molecule has 0 unspecified atom stereocenters. The zero-order chi connectivity index (χ0) is 23.5. The van der Waals surface area contributed by atoms with Gasteiger partial charge in [-0.05, 0) is 71.8 Å². The molecule has 0 aromatic heterocycles. The Morgan fingerprint density at radius 2 is 0.875 bits per heavy atom. The van der Waals surface area contributed by atoms with Crippen molar-refractivity contribution in [1.29, 1.82) is 0 Å². The molecule has 0 fully saturated rings. The van der Waals surface area contributed by atoms with Gasteiger partial charge in [0.2, 0.25) is 0 Å². The van der Waals surface area contributed by atoms with E-state index in [2.05, 4.69) is 0 Å². The normalized spacial score (nSPS) is 11.9. The monoisotopic (exact) mass is 430 g/mol. The number of hydrogen-bond donors (Lipinski definition) is 4. The third kappa shape index (κ3) is 3.13. The highest BCUT2D eigenvalue weighted by Gasteiger charge is 2.23. The lowest BCUT2D eigenvalue weighted by Gasteiger charge is -2.21. The molecule has 0 amide bonds. The second-order valence-electron chi connectivity index (χ2n) is 9.33. The highest BCUT2D eigenvalue weighted by Crippen LogP contribution is 2.49. The summed E-state index contributed by atoms with van der Waals surface area (Å²) >= 11 is 0. The van der Waals surface area contributed by atoms with Gasteiger partial charge in [0.1, 0.15) is 23.0 Å². The van der Waals surface area contributed by atoms with Crippen LogP contribution in [-0.4, -0.2) is 20.4 Å². The summed E-state index contributed by atoms with van der Waals surface area (Å²) in [5, 5.41) is 46.4. The second kappa shape index (κ2) is 7.63. The standard InChI is InChI=1S/C28H30O4/c1-13(2)23-19-11-15(5)25(27(31)17(19)7-9-21(23)29)26-16(6)12-20-18(28(26)32)8-10-22(30)24(20)14(3)4/h7-14,29-32H,1-6H3. The SMILES string of the molecule is Cc1cc2c(C(C)C)c(O)ccc2c(O)c1-c1c(C)cc2c(C(C)C)c(O)ccc2c1O. The van der Waals surface area contributed by atoms with Crippen LogP contribution in [0.1, 0.15) is 61.8 Å². The van der Waals surface area contributed by atoms with E-state index in [-0.39, 0.29) is 34.8 Å². The average Bonchev–Trinajstić information content (AvgIpc) is 2.69. The minimum atomic E-state index is 0.0845. The molecule has 32 heavy (non-hydrogen) atoms. The maximum absolute atomic E-state index is 11.4. The summed E-state index contributed by atoms with van der Waals surface area (Å²) in [6.07, 6.45) is 0. The van der Waals surface area contributed by atoms with Crippen molar-refractivity contribution in [2.24, 2.45) is 0 Å². The molecular weight excluding hydrogens is 400 g/mol. The van der Waals surface area contributed by atoms with Gasteiger partial charge in [-0.1, -0.05) is 39.8 Å². The van der Waals surface area contributed by atoms with Crippen LogP contribution in [0.5, 0.6) is 23.0 Å². The molecule has 4 nitrogen and oxygen atoms in total. The lowest BCUT2D eigenvalue weighted by Crippen LogP contribution is -1.97. The van der Waals surface area contributed by atoms with Crippen molar-refractivity contribution in [3.05, 3.63) is 58.7 Å². The number of phenols is 4. The van der Waals surface area contributed by atoms with E-state index < -0.39 is 0 Å². The lowest BCUT2D eigenvalue weighted by molar-refractivity contribution is 0.464. The second-order valence-corrected chi connectivity index (χ2v) is 9.33. The van der Waals surface area contributed by atoms with Crippen LogP contribution in [0.15, 0.2) is 36.4 Å². The number of aryl methyl sites for hydroxylation is 2. The molecule has 4 N–H and O–H groups in total. The fraction of sp³-hybridized carbons (Fsp3) is 0.286. The highest BCUT2D eigenvalue weighted by molar-refractivity contribution is 6.05. The van der Waals surface area contributed by atoms with Gasteiger partial charge in [0.25, 0.3) is 0 Å². The Bertz CT molecular complexity index is 1270. The van der Waals surface area contributed by atoms with Gasteiger partial charge < -0.3 is 20.4 Å². The molecule has 166 valence electrons. The van der Waals surface area contributed by atoms with E-state index in [9.17, 15) is 20.4 Å². The molecule has 4 rings (SSSR count). The first-order valence-corrected chi connectivity index (χ1v) is 11.0. The van der Waals surface area contributed by atoms with Crippen molar-refractivity contribution in [2.75, 3.05) is 0 Å². The Balaban J connectivity index is 2.10. The fourth-order valence-corrected chi connectivity index (χ4v) is 5.04. The van der Waals surface area contributed by atoms with E-state index in [0.29, 0.717) is 21.9 Å². The molecular formula is C28H30O4. The Morgan fingerprint density at radius 3 is 1.19 bits per heavy atom. The highest BCUT2D eigenvalue weighted by atomic mass is 16.3. The molecule has 4 heteroatoms. The van der Waals surface area contributed by atoms with E-state index in [0.717, 1.165) is 33.0 Å². The Morgan fingerprint density at radius 1 is 0.531 bits per heavy atom. The van der Waals surface area contributed by atoms with Crippen LogP contribution in [0.25, 0.3) is 32.7 Å². The van der Waals surface area contributed by atoms with E-state index >= 15 is 0 Å². The maximum Gasteiger partial charge on any atom is 0.131 e. The van der Waals surface area contributed by atoms with E-state index in [4.69, 9.17) is 0 Å². The third-order valence-electron chi connectivity index (χ3n) is 6.43. The van der Waals surface area contributed by atoms with Crippen LogP contribution in [0.2, 0.25) is 0 Å². The predicted octanol–water partition coefficient (Wildman–Crippen LogP) is 7.35. The topological polar surface area (TPSA) is 80.9 Å². The molecule has 0 atom stereocenters. The summed E-state index contributed by atoms with van der Waals surface area (Å²) in [5.74, 6) is 0.766. The Kier molecular flexibility index (Phi) is 5.20. The number of phenolic OH excluding ortho intramolecular Hbond substituents is 4. The molecule has 4 aromatic rings. The minimum Gasteiger partial charge on any atom is -0.508 e. The fourth-order valence-electron chi connectivity index (χ4n) is 5.04. The molecule has 4 aromatic carbocycles. The molecule has 0 aliphatic heterocycles. The molecule has 0 radical (unpaired) electrons. The van der Waals surface area contributed by atoms with Crippen molar-refractivity contribution in [3.8, 4) is 34.1 Å². The molecule has 0 spiro atoms. The van der Waals surface area contributed by atoms with Gasteiger partial charge in [-0.25, -0.2) is 0 Å². The molecule has 0 saturated carbocycles. The summed E-state index contributed by atoms with van der Waals surface area (Å²) in [6, 6.07) is 10.6. The van der Waals surface area contributed by atoms with Crippen LogP contribution in [0.3, 0.4) is 0 Å². The van der Waals surface area contributed by atoms with Gasteiger partial charge in [-0.3, -0.25) is 0 Å². The maximum atomic E-state index is 11.4.